The number of aliphatic hydroxyl groups is 3. The summed E-state index contributed by atoms with van der Waals surface area (Å²) in [6, 6.07) is -2.34. The van der Waals surface area contributed by atoms with Gasteiger partial charge in [0, 0.05) is 6.92 Å². The van der Waals surface area contributed by atoms with E-state index in [-0.39, 0.29) is 0 Å². The molecule has 144 valence electrons. The fraction of sp³-hybridized carbons (Fsp3) is 0.786. The first-order chi connectivity index (χ1) is 11.6. The van der Waals surface area contributed by atoms with E-state index in [2.05, 4.69) is 10.6 Å². The molecule has 1 aliphatic heterocycles. The molecule has 0 spiro atoms. The van der Waals surface area contributed by atoms with E-state index in [0.29, 0.717) is 0 Å². The van der Waals surface area contributed by atoms with Crippen LogP contribution in [0.2, 0.25) is 0 Å². The topological polar surface area (TPSA) is 175 Å². The van der Waals surface area contributed by atoms with Crippen molar-refractivity contribution in [2.24, 2.45) is 0 Å². The first-order valence-electron chi connectivity index (χ1n) is 7.66. The molecule has 7 atom stereocenters. The number of carbonyl (C=O) groups excluding carboxylic acids is 2. The third-order valence-corrected chi connectivity index (χ3v) is 3.70. The van der Waals surface area contributed by atoms with E-state index in [1.807, 2.05) is 0 Å². The predicted molar refractivity (Wildman–Crippen MR) is 81.2 cm³/mol. The Hall–Kier alpha value is -1.79. The molecule has 11 nitrogen and oxygen atoms in total. The molecule has 1 aliphatic rings. The van der Waals surface area contributed by atoms with Crippen molar-refractivity contribution in [3.63, 3.8) is 0 Å². The minimum Gasteiger partial charge on any atom is -0.480 e. The van der Waals surface area contributed by atoms with Crippen LogP contribution in [0.1, 0.15) is 20.8 Å². The maximum Gasteiger partial charge on any atom is 0.325 e. The predicted octanol–water partition coefficient (Wildman–Crippen LogP) is -3.08. The van der Waals surface area contributed by atoms with Crippen LogP contribution in [0, 0.1) is 0 Å². The number of carbonyl (C=O) groups is 3. The maximum absolute atomic E-state index is 12.0. The number of hydrogen-bond donors (Lipinski definition) is 6. The van der Waals surface area contributed by atoms with Crippen molar-refractivity contribution in [2.75, 3.05) is 6.61 Å². The van der Waals surface area contributed by atoms with Crippen LogP contribution < -0.4 is 10.6 Å². The molecule has 0 aromatic carbocycles. The molecule has 1 heterocycles. The number of amides is 2. The number of rotatable bonds is 7. The monoisotopic (exact) mass is 364 g/mol. The first-order valence-corrected chi connectivity index (χ1v) is 7.66. The highest BCUT2D eigenvalue weighted by molar-refractivity contribution is 5.85. The minimum absolute atomic E-state index is 0.535. The molecule has 11 heteroatoms. The average molecular weight is 364 g/mol. The molecule has 0 aromatic rings. The van der Waals surface area contributed by atoms with Crippen LogP contribution >= 0.6 is 0 Å². The van der Waals surface area contributed by atoms with Gasteiger partial charge in [-0.3, -0.25) is 14.4 Å². The summed E-state index contributed by atoms with van der Waals surface area (Å²) in [6.45, 7) is 3.14. The van der Waals surface area contributed by atoms with Gasteiger partial charge in [-0.25, -0.2) is 0 Å². The van der Waals surface area contributed by atoms with Crippen LogP contribution in [0.5, 0.6) is 0 Å². The van der Waals surface area contributed by atoms with Crippen LogP contribution in [0.15, 0.2) is 0 Å². The lowest BCUT2D eigenvalue weighted by molar-refractivity contribution is -0.266. The van der Waals surface area contributed by atoms with E-state index >= 15 is 0 Å². The lowest BCUT2D eigenvalue weighted by Crippen LogP contribution is -2.65. The van der Waals surface area contributed by atoms with Crippen molar-refractivity contribution in [2.45, 2.75) is 63.6 Å². The summed E-state index contributed by atoms with van der Waals surface area (Å²) < 4.78 is 10.5. The Kier molecular flexibility index (Phi) is 7.70. The van der Waals surface area contributed by atoms with E-state index < -0.39 is 67.2 Å². The fourth-order valence-electron chi connectivity index (χ4n) is 2.32. The standard InChI is InChI=1S/C14H24N2O9/c1-5(13(21)22)15-12(20)6(2)24-11-9(16-7(3)18)14(23)25-8(4-17)10(11)19/h5-6,8-11,14,17,19,23H,4H2,1-3H3,(H,15,20)(H,16,18)(H,21,22)/t5-,6+,8+,9+,10+,11+,14?/m0/s1. The van der Waals surface area contributed by atoms with Crippen LogP contribution in [-0.4, -0.2) is 87.6 Å². The smallest absolute Gasteiger partial charge is 0.325 e. The Morgan fingerprint density at radius 1 is 1.24 bits per heavy atom. The third kappa shape index (κ3) is 5.61. The summed E-state index contributed by atoms with van der Waals surface area (Å²) in [5.74, 6) is -2.53. The van der Waals surface area contributed by atoms with Gasteiger partial charge in [0.05, 0.1) is 6.61 Å². The number of aliphatic carboxylic acids is 1. The van der Waals surface area contributed by atoms with Crippen molar-refractivity contribution >= 4 is 17.8 Å². The number of aliphatic hydroxyl groups excluding tert-OH is 3. The summed E-state index contributed by atoms with van der Waals surface area (Å²) in [4.78, 5) is 34.1. The van der Waals surface area contributed by atoms with Gasteiger partial charge in [-0.15, -0.1) is 0 Å². The SMILES string of the molecule is CC(=O)N[C@H]1C(O)O[C@H](CO)[C@@H](O)[C@@H]1O[C@H](C)C(=O)N[C@@H](C)C(=O)O. The lowest BCUT2D eigenvalue weighted by Gasteiger charge is -2.43. The van der Waals surface area contributed by atoms with E-state index in [4.69, 9.17) is 14.6 Å². The fourth-order valence-corrected chi connectivity index (χ4v) is 2.32. The zero-order valence-corrected chi connectivity index (χ0v) is 14.1. The van der Waals surface area contributed by atoms with E-state index in [1.165, 1.54) is 20.8 Å². The van der Waals surface area contributed by atoms with Gasteiger partial charge in [0.25, 0.3) is 0 Å². The highest BCUT2D eigenvalue weighted by atomic mass is 16.6. The summed E-state index contributed by atoms with van der Waals surface area (Å²) in [6.07, 6.45) is -6.69. The Morgan fingerprint density at radius 3 is 2.32 bits per heavy atom. The largest absolute Gasteiger partial charge is 0.480 e. The highest BCUT2D eigenvalue weighted by Crippen LogP contribution is 2.23. The average Bonchev–Trinajstić information content (AvgIpc) is 2.52. The van der Waals surface area contributed by atoms with Crippen molar-refractivity contribution in [3.8, 4) is 0 Å². The van der Waals surface area contributed by atoms with Gasteiger partial charge in [-0.05, 0) is 13.8 Å². The van der Waals surface area contributed by atoms with Crippen molar-refractivity contribution in [1.82, 2.24) is 10.6 Å². The molecule has 1 unspecified atom stereocenters. The molecule has 0 aromatic heterocycles. The summed E-state index contributed by atoms with van der Waals surface area (Å²) in [5.41, 5.74) is 0. The second-order valence-electron chi connectivity index (χ2n) is 5.78. The quantitative estimate of drug-likeness (QED) is 0.274. The molecule has 25 heavy (non-hydrogen) atoms. The Labute approximate surface area is 143 Å². The lowest BCUT2D eigenvalue weighted by atomic mass is 9.96. The van der Waals surface area contributed by atoms with Gasteiger partial charge >= 0.3 is 5.97 Å². The number of carboxylic acids is 1. The van der Waals surface area contributed by atoms with Crippen LogP contribution in [0.3, 0.4) is 0 Å². The van der Waals surface area contributed by atoms with Gasteiger partial charge in [-0.2, -0.15) is 0 Å². The van der Waals surface area contributed by atoms with E-state index in [1.54, 1.807) is 0 Å². The zero-order chi connectivity index (χ0) is 19.3. The number of carboxylic acid groups (broad SMARTS) is 1. The first kappa shape index (κ1) is 21.3. The minimum atomic E-state index is -1.58. The van der Waals surface area contributed by atoms with Gasteiger partial charge in [-0.1, -0.05) is 0 Å². The van der Waals surface area contributed by atoms with Crippen molar-refractivity contribution in [1.29, 1.82) is 0 Å². The third-order valence-electron chi connectivity index (χ3n) is 3.70. The molecule has 6 N–H and O–H groups in total. The summed E-state index contributed by atoms with van der Waals surface area (Å²) >= 11 is 0. The van der Waals surface area contributed by atoms with Crippen molar-refractivity contribution < 1.29 is 44.3 Å². The second-order valence-corrected chi connectivity index (χ2v) is 5.78. The summed E-state index contributed by atoms with van der Waals surface area (Å²) in [5, 5.41) is 42.7. The molecule has 0 aliphatic carbocycles. The molecule has 0 radical (unpaired) electrons. The normalized spacial score (nSPS) is 31.7. The number of ether oxygens (including phenoxy) is 2. The number of nitrogens with one attached hydrogen (secondary N) is 2. The Balaban J connectivity index is 2.88. The maximum atomic E-state index is 12.0. The van der Waals surface area contributed by atoms with Gasteiger partial charge < -0.3 is 40.5 Å². The molecule has 1 rings (SSSR count). The highest BCUT2D eigenvalue weighted by Gasteiger charge is 2.46. The molecule has 0 saturated carbocycles. The van der Waals surface area contributed by atoms with Crippen LogP contribution in [0.4, 0.5) is 0 Å². The van der Waals surface area contributed by atoms with Gasteiger partial charge in [0.1, 0.15) is 36.5 Å². The van der Waals surface area contributed by atoms with E-state index in [0.717, 1.165) is 0 Å². The number of hydrogen-bond acceptors (Lipinski definition) is 8. The second kappa shape index (κ2) is 9.06. The molecular weight excluding hydrogens is 340 g/mol. The zero-order valence-electron chi connectivity index (χ0n) is 14.1. The van der Waals surface area contributed by atoms with E-state index in [9.17, 15) is 29.7 Å². The summed E-state index contributed by atoms with van der Waals surface area (Å²) in [7, 11) is 0. The molecular formula is C14H24N2O9. The molecule has 2 amide bonds. The van der Waals surface area contributed by atoms with Gasteiger partial charge in [0.2, 0.25) is 11.8 Å². The molecule has 1 saturated heterocycles. The Morgan fingerprint density at radius 2 is 1.84 bits per heavy atom. The van der Waals surface area contributed by atoms with Crippen molar-refractivity contribution in [3.05, 3.63) is 0 Å². The Bertz CT molecular complexity index is 501. The molecule has 0 bridgehead atoms. The molecule has 1 fully saturated rings. The van der Waals surface area contributed by atoms with Gasteiger partial charge in [0.15, 0.2) is 6.29 Å². The van der Waals surface area contributed by atoms with Crippen LogP contribution in [-0.2, 0) is 23.9 Å². The van der Waals surface area contributed by atoms with Crippen LogP contribution in [0.25, 0.3) is 0 Å².